The monoisotopic (exact) mass is 299 g/mol. The number of thiazole rings is 1. The maximum absolute atomic E-state index is 11.5. The molecule has 1 aromatic heterocycles. The van der Waals surface area contributed by atoms with Gasteiger partial charge in [-0.25, -0.2) is 4.98 Å². The summed E-state index contributed by atoms with van der Waals surface area (Å²) in [4.78, 5) is 15.8. The average Bonchev–Trinajstić information content (AvgIpc) is 2.63. The van der Waals surface area contributed by atoms with Gasteiger partial charge in [0.1, 0.15) is 5.01 Å². The van der Waals surface area contributed by atoms with Crippen LogP contribution in [-0.4, -0.2) is 16.9 Å². The van der Waals surface area contributed by atoms with Crippen LogP contribution in [0.1, 0.15) is 37.0 Å². The molecule has 1 aromatic rings. The van der Waals surface area contributed by atoms with Crippen LogP contribution in [0.3, 0.4) is 0 Å². The fourth-order valence-corrected chi connectivity index (χ4v) is 1.94. The SMILES string of the molecule is CC[C@H](N)C(=O)NC(C)c1nc(C)cs1.Cl.Cl. The van der Waals surface area contributed by atoms with Crippen molar-refractivity contribution in [1.29, 1.82) is 0 Å². The minimum absolute atomic E-state index is 0. The first-order valence-electron chi connectivity index (χ1n) is 5.02. The Labute approximate surface area is 118 Å². The molecular formula is C10H19Cl2N3OS. The predicted molar refractivity (Wildman–Crippen MR) is 76.2 cm³/mol. The van der Waals surface area contributed by atoms with Gasteiger partial charge >= 0.3 is 0 Å². The Balaban J connectivity index is 0. The first-order valence-corrected chi connectivity index (χ1v) is 5.90. The first kappa shape index (κ1) is 19.0. The quantitative estimate of drug-likeness (QED) is 0.896. The highest BCUT2D eigenvalue weighted by atomic mass is 35.5. The topological polar surface area (TPSA) is 68.0 Å². The number of aryl methyl sites for hydroxylation is 1. The molecule has 0 spiro atoms. The van der Waals surface area contributed by atoms with E-state index in [1.165, 1.54) is 0 Å². The van der Waals surface area contributed by atoms with E-state index in [2.05, 4.69) is 10.3 Å². The molecule has 0 saturated heterocycles. The summed E-state index contributed by atoms with van der Waals surface area (Å²) in [6, 6.07) is -0.484. The molecule has 1 amide bonds. The molecule has 7 heteroatoms. The molecule has 0 saturated carbocycles. The normalized spacial score (nSPS) is 12.9. The van der Waals surface area contributed by atoms with Crippen molar-refractivity contribution < 1.29 is 4.79 Å². The summed E-state index contributed by atoms with van der Waals surface area (Å²) < 4.78 is 0. The molecule has 2 atom stereocenters. The number of halogens is 2. The van der Waals surface area contributed by atoms with Crippen LogP contribution in [-0.2, 0) is 4.79 Å². The molecule has 1 heterocycles. The van der Waals surface area contributed by atoms with Crippen LogP contribution in [0.15, 0.2) is 5.38 Å². The number of hydrogen-bond acceptors (Lipinski definition) is 4. The smallest absolute Gasteiger partial charge is 0.237 e. The molecule has 1 unspecified atom stereocenters. The molecule has 17 heavy (non-hydrogen) atoms. The van der Waals surface area contributed by atoms with Crippen molar-refractivity contribution in [2.45, 2.75) is 39.3 Å². The van der Waals surface area contributed by atoms with Crippen LogP contribution in [0.2, 0.25) is 0 Å². The molecule has 0 aromatic carbocycles. The number of carbonyl (C=O) groups excluding carboxylic acids is 1. The molecule has 0 aliphatic heterocycles. The number of nitrogens with zero attached hydrogens (tertiary/aromatic N) is 1. The highest BCUT2D eigenvalue weighted by Crippen LogP contribution is 2.17. The van der Waals surface area contributed by atoms with Crippen molar-refractivity contribution in [2.75, 3.05) is 0 Å². The summed E-state index contributed by atoms with van der Waals surface area (Å²) in [5.41, 5.74) is 6.60. The van der Waals surface area contributed by atoms with Gasteiger partial charge in [-0.3, -0.25) is 4.79 Å². The molecule has 0 aliphatic rings. The standard InChI is InChI=1S/C10H17N3OS.2ClH/c1-4-8(11)9(14)13-7(3)10-12-6(2)5-15-10;;/h5,7-8H,4,11H2,1-3H3,(H,13,14);2*1H/t7?,8-;;/m0../s1. The Morgan fingerprint density at radius 3 is 2.59 bits per heavy atom. The molecular weight excluding hydrogens is 281 g/mol. The van der Waals surface area contributed by atoms with Gasteiger partial charge in [0.05, 0.1) is 12.1 Å². The van der Waals surface area contributed by atoms with Crippen molar-refractivity contribution in [3.63, 3.8) is 0 Å². The number of hydrogen-bond donors (Lipinski definition) is 2. The molecule has 0 radical (unpaired) electrons. The molecule has 0 bridgehead atoms. The van der Waals surface area contributed by atoms with E-state index in [1.54, 1.807) is 11.3 Å². The third-order valence-electron chi connectivity index (χ3n) is 2.14. The number of carbonyl (C=O) groups is 1. The Hall–Kier alpha value is -0.360. The number of nitrogens with one attached hydrogen (secondary N) is 1. The molecule has 4 nitrogen and oxygen atoms in total. The first-order chi connectivity index (χ1) is 7.04. The average molecular weight is 300 g/mol. The van der Waals surface area contributed by atoms with Gasteiger partial charge in [0.25, 0.3) is 0 Å². The van der Waals surface area contributed by atoms with E-state index < -0.39 is 6.04 Å². The van der Waals surface area contributed by atoms with Gasteiger partial charge in [0.15, 0.2) is 0 Å². The van der Waals surface area contributed by atoms with Crippen molar-refractivity contribution in [3.05, 3.63) is 16.1 Å². The van der Waals surface area contributed by atoms with E-state index in [-0.39, 0.29) is 36.8 Å². The van der Waals surface area contributed by atoms with Gasteiger partial charge in [0.2, 0.25) is 5.91 Å². The minimum atomic E-state index is -0.423. The van der Waals surface area contributed by atoms with Gasteiger partial charge in [-0.15, -0.1) is 36.2 Å². The van der Waals surface area contributed by atoms with Crippen molar-refractivity contribution >= 4 is 42.1 Å². The lowest BCUT2D eigenvalue weighted by molar-refractivity contribution is -0.123. The van der Waals surface area contributed by atoms with Gasteiger partial charge in [-0.05, 0) is 20.3 Å². The van der Waals surface area contributed by atoms with Gasteiger partial charge in [-0.2, -0.15) is 0 Å². The number of amides is 1. The lowest BCUT2D eigenvalue weighted by Gasteiger charge is -2.14. The van der Waals surface area contributed by atoms with E-state index in [4.69, 9.17) is 5.73 Å². The largest absolute Gasteiger partial charge is 0.346 e. The van der Waals surface area contributed by atoms with Crippen LogP contribution in [0.4, 0.5) is 0 Å². The lowest BCUT2D eigenvalue weighted by atomic mass is 10.2. The third kappa shape index (κ3) is 5.68. The summed E-state index contributed by atoms with van der Waals surface area (Å²) in [5, 5.41) is 5.73. The zero-order valence-corrected chi connectivity index (χ0v) is 12.5. The fraction of sp³-hybridized carbons (Fsp3) is 0.600. The molecule has 1 rings (SSSR count). The van der Waals surface area contributed by atoms with Crippen LogP contribution < -0.4 is 11.1 Å². The van der Waals surface area contributed by atoms with Crippen LogP contribution in [0, 0.1) is 6.92 Å². The summed E-state index contributed by atoms with van der Waals surface area (Å²) in [6.45, 7) is 5.74. The van der Waals surface area contributed by atoms with Crippen LogP contribution in [0.25, 0.3) is 0 Å². The second-order valence-electron chi connectivity index (χ2n) is 3.57. The summed E-state index contributed by atoms with van der Waals surface area (Å²) in [7, 11) is 0. The predicted octanol–water partition coefficient (Wildman–Crippen LogP) is 2.21. The lowest BCUT2D eigenvalue weighted by Crippen LogP contribution is -2.41. The number of rotatable bonds is 4. The Morgan fingerprint density at radius 2 is 2.18 bits per heavy atom. The summed E-state index contributed by atoms with van der Waals surface area (Å²) in [6.07, 6.45) is 0.648. The highest BCUT2D eigenvalue weighted by Gasteiger charge is 2.16. The maximum Gasteiger partial charge on any atom is 0.237 e. The zero-order valence-electron chi connectivity index (χ0n) is 10.1. The highest BCUT2D eigenvalue weighted by molar-refractivity contribution is 7.09. The summed E-state index contributed by atoms with van der Waals surface area (Å²) >= 11 is 1.55. The van der Waals surface area contributed by atoms with Crippen molar-refractivity contribution in [1.82, 2.24) is 10.3 Å². The third-order valence-corrected chi connectivity index (χ3v) is 3.29. The van der Waals surface area contributed by atoms with Crippen LogP contribution >= 0.6 is 36.2 Å². The van der Waals surface area contributed by atoms with E-state index in [1.807, 2.05) is 26.2 Å². The molecule has 3 N–H and O–H groups in total. The van der Waals surface area contributed by atoms with E-state index in [0.29, 0.717) is 6.42 Å². The number of nitrogens with two attached hydrogens (primary N) is 1. The minimum Gasteiger partial charge on any atom is -0.346 e. The van der Waals surface area contributed by atoms with E-state index in [0.717, 1.165) is 10.7 Å². The number of aromatic nitrogens is 1. The van der Waals surface area contributed by atoms with Crippen molar-refractivity contribution in [3.8, 4) is 0 Å². The van der Waals surface area contributed by atoms with Gasteiger partial charge in [0, 0.05) is 11.1 Å². The molecule has 0 aliphatic carbocycles. The zero-order chi connectivity index (χ0) is 11.4. The second kappa shape index (κ2) is 8.69. The van der Waals surface area contributed by atoms with E-state index in [9.17, 15) is 4.79 Å². The van der Waals surface area contributed by atoms with Gasteiger partial charge < -0.3 is 11.1 Å². The Kier molecular flexibility index (Phi) is 9.71. The summed E-state index contributed by atoms with van der Waals surface area (Å²) in [5.74, 6) is -0.113. The van der Waals surface area contributed by atoms with E-state index >= 15 is 0 Å². The second-order valence-corrected chi connectivity index (χ2v) is 4.46. The Morgan fingerprint density at radius 1 is 1.59 bits per heavy atom. The molecule has 100 valence electrons. The Bertz CT molecular complexity index is 346. The maximum atomic E-state index is 11.5. The van der Waals surface area contributed by atoms with Crippen molar-refractivity contribution in [2.24, 2.45) is 5.73 Å². The van der Waals surface area contributed by atoms with Crippen LogP contribution in [0.5, 0.6) is 0 Å². The molecule has 0 fully saturated rings. The fourth-order valence-electron chi connectivity index (χ4n) is 1.14. The van der Waals surface area contributed by atoms with Gasteiger partial charge in [-0.1, -0.05) is 6.92 Å².